The van der Waals surface area contributed by atoms with E-state index in [0.29, 0.717) is 17.0 Å². The molecule has 3 rings (SSSR count). The van der Waals surface area contributed by atoms with Crippen molar-refractivity contribution in [1.29, 1.82) is 0 Å². The van der Waals surface area contributed by atoms with E-state index in [9.17, 15) is 4.79 Å². The molecule has 0 aliphatic heterocycles. The summed E-state index contributed by atoms with van der Waals surface area (Å²) in [5, 5.41) is 8.14. The van der Waals surface area contributed by atoms with Gasteiger partial charge in [-0.15, -0.1) is 0 Å². The second-order valence-corrected chi connectivity index (χ2v) is 5.47. The fourth-order valence-electron chi connectivity index (χ4n) is 2.70. The maximum atomic E-state index is 12.5. The Labute approximate surface area is 128 Å². The summed E-state index contributed by atoms with van der Waals surface area (Å²) >= 11 is 0. The van der Waals surface area contributed by atoms with Gasteiger partial charge >= 0.3 is 0 Å². The number of anilines is 1. The minimum absolute atomic E-state index is 0.186. The summed E-state index contributed by atoms with van der Waals surface area (Å²) in [6, 6.07) is 1.89. The molecule has 0 unspecified atom stereocenters. The van der Waals surface area contributed by atoms with E-state index in [0.717, 1.165) is 28.1 Å². The highest BCUT2D eigenvalue weighted by molar-refractivity contribution is 6.06. The Kier molecular flexibility index (Phi) is 3.24. The number of hydrogen-bond donors (Lipinski definition) is 1. The van der Waals surface area contributed by atoms with Gasteiger partial charge in [0.25, 0.3) is 5.91 Å². The molecule has 0 aliphatic rings. The summed E-state index contributed by atoms with van der Waals surface area (Å²) in [7, 11) is 1.85. The lowest BCUT2D eigenvalue weighted by molar-refractivity contribution is 0.102. The highest BCUT2D eigenvalue weighted by Gasteiger charge is 2.19. The van der Waals surface area contributed by atoms with Gasteiger partial charge in [0.2, 0.25) is 0 Å². The van der Waals surface area contributed by atoms with E-state index >= 15 is 0 Å². The first-order valence-electron chi connectivity index (χ1n) is 7.05. The van der Waals surface area contributed by atoms with Crippen molar-refractivity contribution in [1.82, 2.24) is 14.8 Å². The zero-order valence-electron chi connectivity index (χ0n) is 13.3. The number of nitrogens with zero attached hydrogens (tertiary/aromatic N) is 3. The van der Waals surface area contributed by atoms with Crippen LogP contribution in [0.1, 0.15) is 33.1 Å². The summed E-state index contributed by atoms with van der Waals surface area (Å²) in [4.78, 5) is 16.8. The third kappa shape index (κ3) is 2.16. The van der Waals surface area contributed by atoms with Crippen LogP contribution in [0.15, 0.2) is 16.7 Å². The molecular formula is C16H18N4O2. The monoisotopic (exact) mass is 298 g/mol. The molecule has 3 heterocycles. The molecule has 0 fully saturated rings. The van der Waals surface area contributed by atoms with Gasteiger partial charge < -0.3 is 9.73 Å². The lowest BCUT2D eigenvalue weighted by Crippen LogP contribution is -2.13. The number of carbonyl (C=O) groups excluding carboxylic acids is 1. The Hall–Kier alpha value is -2.63. The molecule has 22 heavy (non-hydrogen) atoms. The van der Waals surface area contributed by atoms with Crippen molar-refractivity contribution in [3.05, 3.63) is 40.6 Å². The topological polar surface area (TPSA) is 73.0 Å². The standard InChI is InChI=1S/C16H18N4O2/c1-8-10(3)22-11(4)14(8)16(21)18-12-6-13-9(2)19-20(5)15(13)17-7-12/h6-7H,1-5H3,(H,18,21). The third-order valence-electron chi connectivity index (χ3n) is 3.91. The molecule has 3 aromatic rings. The second-order valence-electron chi connectivity index (χ2n) is 5.47. The summed E-state index contributed by atoms with van der Waals surface area (Å²) in [5.74, 6) is 1.20. The number of rotatable bonds is 2. The van der Waals surface area contributed by atoms with Crippen LogP contribution in [0.3, 0.4) is 0 Å². The molecular weight excluding hydrogens is 280 g/mol. The van der Waals surface area contributed by atoms with Crippen molar-refractivity contribution in [3.63, 3.8) is 0 Å². The lowest BCUT2D eigenvalue weighted by atomic mass is 10.1. The summed E-state index contributed by atoms with van der Waals surface area (Å²) in [6.45, 7) is 7.45. The van der Waals surface area contributed by atoms with Crippen LogP contribution >= 0.6 is 0 Å². The zero-order valence-corrected chi connectivity index (χ0v) is 13.3. The summed E-state index contributed by atoms with van der Waals surface area (Å²) in [5.41, 5.74) is 3.77. The van der Waals surface area contributed by atoms with Gasteiger partial charge in [-0.3, -0.25) is 9.48 Å². The largest absolute Gasteiger partial charge is 0.466 e. The fraction of sp³-hybridized carbons (Fsp3) is 0.312. The van der Waals surface area contributed by atoms with Crippen LogP contribution in [0, 0.1) is 27.7 Å². The number of pyridine rings is 1. The highest BCUT2D eigenvalue weighted by atomic mass is 16.3. The van der Waals surface area contributed by atoms with Crippen LogP contribution in [-0.2, 0) is 7.05 Å². The van der Waals surface area contributed by atoms with Gasteiger partial charge in [0, 0.05) is 18.0 Å². The van der Waals surface area contributed by atoms with Crippen molar-refractivity contribution >= 4 is 22.6 Å². The lowest BCUT2D eigenvalue weighted by Gasteiger charge is -2.05. The van der Waals surface area contributed by atoms with Crippen molar-refractivity contribution in [3.8, 4) is 0 Å². The van der Waals surface area contributed by atoms with Crippen molar-refractivity contribution < 1.29 is 9.21 Å². The number of furan rings is 1. The maximum absolute atomic E-state index is 12.5. The van der Waals surface area contributed by atoms with Crippen LogP contribution in [0.2, 0.25) is 0 Å². The first-order chi connectivity index (χ1) is 10.4. The molecule has 0 bridgehead atoms. The Balaban J connectivity index is 1.96. The van der Waals surface area contributed by atoms with Gasteiger partial charge in [0.1, 0.15) is 11.5 Å². The number of aryl methyl sites for hydroxylation is 4. The number of aromatic nitrogens is 3. The van der Waals surface area contributed by atoms with E-state index in [2.05, 4.69) is 15.4 Å². The average molecular weight is 298 g/mol. The Morgan fingerprint density at radius 2 is 1.95 bits per heavy atom. The normalized spacial score (nSPS) is 11.1. The average Bonchev–Trinajstić information content (AvgIpc) is 2.87. The SMILES string of the molecule is Cc1oc(C)c(C(=O)Nc2cnc3c(c2)c(C)nn3C)c1C. The van der Waals surface area contributed by atoms with Crippen LogP contribution < -0.4 is 5.32 Å². The smallest absolute Gasteiger partial charge is 0.259 e. The Morgan fingerprint density at radius 3 is 2.59 bits per heavy atom. The summed E-state index contributed by atoms with van der Waals surface area (Å²) < 4.78 is 7.23. The third-order valence-corrected chi connectivity index (χ3v) is 3.91. The minimum atomic E-state index is -0.186. The molecule has 0 spiro atoms. The first kappa shape index (κ1) is 14.3. The molecule has 6 nitrogen and oxygen atoms in total. The number of nitrogens with one attached hydrogen (secondary N) is 1. The predicted molar refractivity (Wildman–Crippen MR) is 84.1 cm³/mol. The van der Waals surface area contributed by atoms with E-state index in [4.69, 9.17) is 4.42 Å². The Morgan fingerprint density at radius 1 is 1.23 bits per heavy atom. The minimum Gasteiger partial charge on any atom is -0.466 e. The van der Waals surface area contributed by atoms with E-state index in [1.165, 1.54) is 0 Å². The summed E-state index contributed by atoms with van der Waals surface area (Å²) in [6.07, 6.45) is 1.64. The van der Waals surface area contributed by atoms with Crippen molar-refractivity contribution in [2.45, 2.75) is 27.7 Å². The van der Waals surface area contributed by atoms with Crippen LogP contribution in [0.5, 0.6) is 0 Å². The molecule has 6 heteroatoms. The molecule has 0 saturated carbocycles. The molecule has 0 atom stereocenters. The van der Waals surface area contributed by atoms with Crippen LogP contribution in [0.4, 0.5) is 5.69 Å². The molecule has 0 saturated heterocycles. The van der Waals surface area contributed by atoms with E-state index in [1.54, 1.807) is 17.8 Å². The van der Waals surface area contributed by atoms with Crippen molar-refractivity contribution in [2.75, 3.05) is 5.32 Å². The van der Waals surface area contributed by atoms with Gasteiger partial charge in [-0.2, -0.15) is 5.10 Å². The number of fused-ring (bicyclic) bond motifs is 1. The van der Waals surface area contributed by atoms with Gasteiger partial charge in [0.05, 0.1) is 23.1 Å². The molecule has 3 aromatic heterocycles. The second kappa shape index (κ2) is 4.98. The van der Waals surface area contributed by atoms with Gasteiger partial charge in [-0.1, -0.05) is 0 Å². The van der Waals surface area contributed by atoms with Gasteiger partial charge in [-0.05, 0) is 33.8 Å². The maximum Gasteiger partial charge on any atom is 0.259 e. The van der Waals surface area contributed by atoms with E-state index in [1.807, 2.05) is 33.9 Å². The molecule has 1 amide bonds. The zero-order chi connectivity index (χ0) is 16.0. The number of carbonyl (C=O) groups is 1. The van der Waals surface area contributed by atoms with Crippen molar-refractivity contribution in [2.24, 2.45) is 7.05 Å². The molecule has 1 N–H and O–H groups in total. The van der Waals surface area contributed by atoms with E-state index < -0.39 is 0 Å². The molecule has 114 valence electrons. The van der Waals surface area contributed by atoms with Crippen LogP contribution in [0.25, 0.3) is 11.0 Å². The molecule has 0 aliphatic carbocycles. The number of amides is 1. The van der Waals surface area contributed by atoms with Gasteiger partial charge in [0.15, 0.2) is 5.65 Å². The molecule has 0 aromatic carbocycles. The fourth-order valence-corrected chi connectivity index (χ4v) is 2.70. The first-order valence-corrected chi connectivity index (χ1v) is 7.05. The van der Waals surface area contributed by atoms with Crippen LogP contribution in [-0.4, -0.2) is 20.7 Å². The Bertz CT molecular complexity index is 889. The highest BCUT2D eigenvalue weighted by Crippen LogP contribution is 2.23. The predicted octanol–water partition coefficient (Wildman–Crippen LogP) is 3.05. The quantitative estimate of drug-likeness (QED) is 0.789. The van der Waals surface area contributed by atoms with Gasteiger partial charge in [-0.25, -0.2) is 4.98 Å². The van der Waals surface area contributed by atoms with E-state index in [-0.39, 0.29) is 5.91 Å². The number of hydrogen-bond acceptors (Lipinski definition) is 4. The molecule has 0 radical (unpaired) electrons.